The lowest BCUT2D eigenvalue weighted by atomic mass is 10.0. The zero-order chi connectivity index (χ0) is 16.2. The van der Waals surface area contributed by atoms with Gasteiger partial charge in [-0.2, -0.15) is 11.3 Å². The first kappa shape index (κ1) is 15.8. The fourth-order valence-corrected chi connectivity index (χ4v) is 3.37. The molecule has 1 aromatic carbocycles. The molecule has 23 heavy (non-hydrogen) atoms. The van der Waals surface area contributed by atoms with Crippen LogP contribution >= 0.6 is 11.3 Å². The number of aryl methyl sites for hydroxylation is 1. The Morgan fingerprint density at radius 2 is 2.22 bits per heavy atom. The number of aliphatic hydroxyl groups excluding tert-OH is 1. The molecule has 3 rings (SSSR count). The zero-order valence-electron chi connectivity index (χ0n) is 13.0. The molecule has 0 radical (unpaired) electrons. The van der Waals surface area contributed by atoms with Crippen molar-refractivity contribution in [3.05, 3.63) is 58.4 Å². The summed E-state index contributed by atoms with van der Waals surface area (Å²) in [5.41, 5.74) is 2.88. The van der Waals surface area contributed by atoms with Gasteiger partial charge in [0.1, 0.15) is 0 Å². The normalized spacial score (nSPS) is 12.4. The molecule has 1 amide bonds. The van der Waals surface area contributed by atoms with Crippen molar-refractivity contribution in [2.75, 3.05) is 13.2 Å². The second-order valence-electron chi connectivity index (χ2n) is 5.79. The van der Waals surface area contributed by atoms with Crippen molar-refractivity contribution < 1.29 is 9.90 Å². The van der Waals surface area contributed by atoms with Crippen LogP contribution in [0.25, 0.3) is 10.9 Å². The van der Waals surface area contributed by atoms with E-state index in [4.69, 9.17) is 0 Å². The fourth-order valence-electron chi connectivity index (χ4n) is 2.69. The van der Waals surface area contributed by atoms with Crippen molar-refractivity contribution in [2.45, 2.75) is 6.42 Å². The van der Waals surface area contributed by atoms with Crippen LogP contribution in [-0.4, -0.2) is 28.7 Å². The molecule has 0 saturated carbocycles. The molecule has 0 spiro atoms. The summed E-state index contributed by atoms with van der Waals surface area (Å²) in [5.74, 6) is -0.0656. The molecule has 0 aliphatic rings. The summed E-state index contributed by atoms with van der Waals surface area (Å²) in [4.78, 5) is 12.3. The van der Waals surface area contributed by atoms with Crippen LogP contribution in [0.4, 0.5) is 0 Å². The summed E-state index contributed by atoms with van der Waals surface area (Å²) in [6.07, 6.45) is 2.76. The second kappa shape index (κ2) is 6.98. The van der Waals surface area contributed by atoms with Crippen molar-refractivity contribution in [2.24, 2.45) is 13.0 Å². The summed E-state index contributed by atoms with van der Waals surface area (Å²) in [7, 11) is 1.96. The average Bonchev–Trinajstić information content (AvgIpc) is 3.21. The zero-order valence-corrected chi connectivity index (χ0v) is 13.8. The smallest absolute Gasteiger partial charge is 0.251 e. The monoisotopic (exact) mass is 328 g/mol. The van der Waals surface area contributed by atoms with Gasteiger partial charge in [0.05, 0.1) is 0 Å². The van der Waals surface area contributed by atoms with E-state index in [1.165, 1.54) is 5.56 Å². The number of carbonyl (C=O) groups excluding carboxylic acids is 1. The van der Waals surface area contributed by atoms with Crippen LogP contribution in [0.5, 0.6) is 0 Å². The topological polar surface area (TPSA) is 54.3 Å². The van der Waals surface area contributed by atoms with Gasteiger partial charge in [-0.05, 0) is 52.4 Å². The molecule has 3 aromatic rings. The molecule has 1 atom stereocenters. The van der Waals surface area contributed by atoms with E-state index in [2.05, 4.69) is 16.8 Å². The van der Waals surface area contributed by atoms with E-state index in [1.54, 1.807) is 11.3 Å². The van der Waals surface area contributed by atoms with E-state index >= 15 is 0 Å². The summed E-state index contributed by atoms with van der Waals surface area (Å²) in [5, 5.41) is 17.7. The third-order valence-electron chi connectivity index (χ3n) is 4.06. The van der Waals surface area contributed by atoms with Crippen LogP contribution < -0.4 is 5.32 Å². The number of amides is 1. The predicted octanol–water partition coefficient (Wildman–Crippen LogP) is 2.82. The third-order valence-corrected chi connectivity index (χ3v) is 4.80. The van der Waals surface area contributed by atoms with Gasteiger partial charge in [-0.25, -0.2) is 0 Å². The van der Waals surface area contributed by atoms with Crippen LogP contribution in [0.3, 0.4) is 0 Å². The minimum Gasteiger partial charge on any atom is -0.396 e. The lowest BCUT2D eigenvalue weighted by molar-refractivity contribution is 0.0940. The van der Waals surface area contributed by atoms with Crippen LogP contribution in [0.15, 0.2) is 47.3 Å². The fraction of sp³-hybridized carbons (Fsp3) is 0.278. The molecule has 120 valence electrons. The quantitative estimate of drug-likeness (QED) is 0.731. The molecule has 1 unspecified atom stereocenters. The minimum absolute atomic E-state index is 0.0346. The van der Waals surface area contributed by atoms with Crippen molar-refractivity contribution in [3.63, 3.8) is 0 Å². The first-order chi connectivity index (χ1) is 11.2. The van der Waals surface area contributed by atoms with Crippen LogP contribution in [0, 0.1) is 5.92 Å². The van der Waals surface area contributed by atoms with Gasteiger partial charge in [0.25, 0.3) is 5.91 Å². The summed E-state index contributed by atoms with van der Waals surface area (Å²) < 4.78 is 2.00. The second-order valence-corrected chi connectivity index (χ2v) is 6.57. The Balaban J connectivity index is 1.64. The summed E-state index contributed by atoms with van der Waals surface area (Å²) in [6.45, 7) is 0.531. The Morgan fingerprint density at radius 3 is 2.96 bits per heavy atom. The number of rotatable bonds is 6. The van der Waals surface area contributed by atoms with E-state index in [0.717, 1.165) is 17.3 Å². The number of hydrogen-bond acceptors (Lipinski definition) is 3. The lowest BCUT2D eigenvalue weighted by Crippen LogP contribution is -2.31. The van der Waals surface area contributed by atoms with Gasteiger partial charge in [-0.3, -0.25) is 4.79 Å². The highest BCUT2D eigenvalue weighted by Gasteiger charge is 2.13. The highest BCUT2D eigenvalue weighted by molar-refractivity contribution is 7.07. The minimum atomic E-state index is -0.100. The Hall–Kier alpha value is -2.11. The summed E-state index contributed by atoms with van der Waals surface area (Å²) >= 11 is 1.65. The third kappa shape index (κ3) is 3.63. The molecular weight excluding hydrogens is 308 g/mol. The van der Waals surface area contributed by atoms with Crippen molar-refractivity contribution in [3.8, 4) is 0 Å². The lowest BCUT2D eigenvalue weighted by Gasteiger charge is -2.14. The molecule has 4 nitrogen and oxygen atoms in total. The molecular formula is C18H20N2O2S. The van der Waals surface area contributed by atoms with Crippen LogP contribution in [-0.2, 0) is 13.5 Å². The van der Waals surface area contributed by atoms with Gasteiger partial charge in [-0.15, -0.1) is 0 Å². The van der Waals surface area contributed by atoms with Gasteiger partial charge >= 0.3 is 0 Å². The Morgan fingerprint density at radius 1 is 1.35 bits per heavy atom. The van der Waals surface area contributed by atoms with Crippen molar-refractivity contribution in [1.82, 2.24) is 9.88 Å². The van der Waals surface area contributed by atoms with E-state index in [-0.39, 0.29) is 18.4 Å². The number of nitrogens with one attached hydrogen (secondary N) is 1. The highest BCUT2D eigenvalue weighted by Crippen LogP contribution is 2.17. The number of fused-ring (bicyclic) bond motifs is 1. The van der Waals surface area contributed by atoms with Gasteiger partial charge in [0, 0.05) is 43.4 Å². The number of hydrogen-bond donors (Lipinski definition) is 2. The average molecular weight is 328 g/mol. The molecule has 2 aromatic heterocycles. The Kier molecular flexibility index (Phi) is 4.79. The number of aliphatic hydroxyl groups is 1. The van der Waals surface area contributed by atoms with E-state index in [9.17, 15) is 9.90 Å². The van der Waals surface area contributed by atoms with Crippen molar-refractivity contribution >= 4 is 28.1 Å². The van der Waals surface area contributed by atoms with Crippen molar-refractivity contribution in [1.29, 1.82) is 0 Å². The molecule has 0 aliphatic carbocycles. The first-order valence-corrected chi connectivity index (χ1v) is 8.57. The maximum Gasteiger partial charge on any atom is 0.251 e. The molecule has 0 saturated heterocycles. The Bertz CT molecular complexity index is 793. The molecule has 0 fully saturated rings. The van der Waals surface area contributed by atoms with Crippen LogP contribution in [0.1, 0.15) is 15.9 Å². The van der Waals surface area contributed by atoms with Gasteiger partial charge in [-0.1, -0.05) is 6.07 Å². The van der Waals surface area contributed by atoms with Gasteiger partial charge < -0.3 is 15.0 Å². The van der Waals surface area contributed by atoms with E-state index in [1.807, 2.05) is 47.5 Å². The number of aromatic nitrogens is 1. The molecule has 2 heterocycles. The number of nitrogens with zero attached hydrogens (tertiary/aromatic N) is 1. The molecule has 0 aliphatic heterocycles. The van der Waals surface area contributed by atoms with Gasteiger partial charge in [0.2, 0.25) is 0 Å². The van der Waals surface area contributed by atoms with Crippen LogP contribution in [0.2, 0.25) is 0 Å². The maximum atomic E-state index is 12.3. The predicted molar refractivity (Wildman–Crippen MR) is 93.9 cm³/mol. The molecule has 5 heteroatoms. The number of carbonyl (C=O) groups is 1. The molecule has 0 bridgehead atoms. The molecule has 2 N–H and O–H groups in total. The first-order valence-electron chi connectivity index (χ1n) is 7.62. The SMILES string of the molecule is Cn1ccc2ccc(C(=O)NCC(CO)Cc3ccsc3)cc21. The standard InChI is InChI=1S/C18H20N2O2S/c1-20-6-4-15-2-3-16(9-17(15)20)18(22)19-10-14(11-21)8-13-5-7-23-12-13/h2-7,9,12,14,21H,8,10-11H2,1H3,(H,19,22). The number of benzene rings is 1. The highest BCUT2D eigenvalue weighted by atomic mass is 32.1. The Labute approximate surface area is 139 Å². The largest absolute Gasteiger partial charge is 0.396 e. The number of thiophene rings is 1. The van der Waals surface area contributed by atoms with E-state index in [0.29, 0.717) is 12.1 Å². The maximum absolute atomic E-state index is 12.3. The van der Waals surface area contributed by atoms with Gasteiger partial charge in [0.15, 0.2) is 0 Å². The van der Waals surface area contributed by atoms with E-state index < -0.39 is 0 Å². The summed E-state index contributed by atoms with van der Waals surface area (Å²) in [6, 6.07) is 9.78.